The van der Waals surface area contributed by atoms with Crippen molar-refractivity contribution in [3.05, 3.63) is 29.1 Å². The second kappa shape index (κ2) is 12.4. The SMILES string of the molecule is CCCOCCNC(=O)c1ccc(C)nc1C1CCN(C(=O)C(C)ON=C(C)C)CC1. The second-order valence-electron chi connectivity index (χ2n) is 8.14. The lowest BCUT2D eigenvalue weighted by Crippen LogP contribution is -2.43. The number of aryl methyl sites for hydroxylation is 1. The molecule has 0 spiro atoms. The molecule has 1 fully saturated rings. The molecule has 2 rings (SSSR count). The van der Waals surface area contributed by atoms with E-state index < -0.39 is 6.10 Å². The number of aromatic nitrogens is 1. The Morgan fingerprint density at radius 3 is 2.61 bits per heavy atom. The molecule has 0 bridgehead atoms. The number of oxime groups is 1. The van der Waals surface area contributed by atoms with Crippen molar-refractivity contribution in [2.24, 2.45) is 5.16 Å². The maximum absolute atomic E-state index is 12.7. The molecular weight excluding hydrogens is 396 g/mol. The molecule has 2 heterocycles. The highest BCUT2D eigenvalue weighted by Crippen LogP contribution is 2.30. The Bertz CT molecular complexity index is 769. The van der Waals surface area contributed by atoms with Crippen LogP contribution in [-0.2, 0) is 14.4 Å². The van der Waals surface area contributed by atoms with Gasteiger partial charge in [0.05, 0.1) is 23.6 Å². The molecule has 2 amide bonds. The zero-order valence-corrected chi connectivity index (χ0v) is 19.4. The molecule has 1 atom stereocenters. The average molecular weight is 433 g/mol. The van der Waals surface area contributed by atoms with Crippen LogP contribution < -0.4 is 5.32 Å². The van der Waals surface area contributed by atoms with Gasteiger partial charge in [0.1, 0.15) is 0 Å². The Balaban J connectivity index is 1.98. The van der Waals surface area contributed by atoms with Gasteiger partial charge in [0, 0.05) is 37.9 Å². The van der Waals surface area contributed by atoms with Gasteiger partial charge in [-0.25, -0.2) is 0 Å². The normalized spacial score (nSPS) is 15.3. The highest BCUT2D eigenvalue weighted by atomic mass is 16.6. The van der Waals surface area contributed by atoms with Crippen molar-refractivity contribution in [1.29, 1.82) is 0 Å². The maximum Gasteiger partial charge on any atom is 0.266 e. The van der Waals surface area contributed by atoms with E-state index in [4.69, 9.17) is 14.6 Å². The fraction of sp³-hybridized carbons (Fsp3) is 0.652. The number of piperidine rings is 1. The number of rotatable bonds is 10. The first kappa shape index (κ1) is 24.8. The topological polar surface area (TPSA) is 93.1 Å². The van der Waals surface area contributed by atoms with E-state index >= 15 is 0 Å². The van der Waals surface area contributed by atoms with Crippen LogP contribution in [0.4, 0.5) is 0 Å². The lowest BCUT2D eigenvalue weighted by molar-refractivity contribution is -0.143. The van der Waals surface area contributed by atoms with E-state index in [9.17, 15) is 9.59 Å². The van der Waals surface area contributed by atoms with Crippen LogP contribution in [0.25, 0.3) is 0 Å². The summed E-state index contributed by atoms with van der Waals surface area (Å²) in [5.41, 5.74) is 3.07. The van der Waals surface area contributed by atoms with Crippen LogP contribution in [-0.4, -0.2) is 66.4 Å². The summed E-state index contributed by atoms with van der Waals surface area (Å²) in [6, 6.07) is 3.71. The zero-order valence-electron chi connectivity index (χ0n) is 19.4. The number of carbonyl (C=O) groups is 2. The van der Waals surface area contributed by atoms with Gasteiger partial charge < -0.3 is 19.8 Å². The van der Waals surface area contributed by atoms with Crippen LogP contribution >= 0.6 is 0 Å². The highest BCUT2D eigenvalue weighted by molar-refractivity contribution is 5.95. The number of amides is 2. The molecule has 1 aliphatic heterocycles. The van der Waals surface area contributed by atoms with Gasteiger partial charge in [0.25, 0.3) is 11.8 Å². The van der Waals surface area contributed by atoms with Crippen molar-refractivity contribution in [1.82, 2.24) is 15.2 Å². The summed E-state index contributed by atoms with van der Waals surface area (Å²) in [6.07, 6.45) is 1.85. The molecule has 0 aliphatic carbocycles. The second-order valence-corrected chi connectivity index (χ2v) is 8.14. The lowest BCUT2D eigenvalue weighted by atomic mass is 9.89. The Morgan fingerprint density at radius 2 is 1.97 bits per heavy atom. The number of likely N-dealkylation sites (tertiary alicyclic amines) is 1. The summed E-state index contributed by atoms with van der Waals surface area (Å²) in [5.74, 6) is -0.0604. The Labute approximate surface area is 185 Å². The molecule has 172 valence electrons. The smallest absolute Gasteiger partial charge is 0.266 e. The quantitative estimate of drug-likeness (QED) is 0.348. The molecule has 8 nitrogen and oxygen atoms in total. The molecule has 31 heavy (non-hydrogen) atoms. The third kappa shape index (κ3) is 7.61. The first-order valence-electron chi connectivity index (χ1n) is 11.1. The van der Waals surface area contributed by atoms with Crippen molar-refractivity contribution in [2.45, 2.75) is 65.9 Å². The number of nitrogens with one attached hydrogen (secondary N) is 1. The average Bonchev–Trinajstić information content (AvgIpc) is 2.76. The summed E-state index contributed by atoms with van der Waals surface area (Å²) in [6.45, 7) is 12.2. The molecule has 1 saturated heterocycles. The number of ether oxygens (including phenoxy) is 1. The van der Waals surface area contributed by atoms with Crippen molar-refractivity contribution < 1.29 is 19.2 Å². The van der Waals surface area contributed by atoms with Crippen molar-refractivity contribution >= 4 is 17.5 Å². The predicted octanol–water partition coefficient (Wildman–Crippen LogP) is 3.05. The summed E-state index contributed by atoms with van der Waals surface area (Å²) in [7, 11) is 0. The largest absolute Gasteiger partial charge is 0.383 e. The number of pyridine rings is 1. The molecule has 0 saturated carbocycles. The van der Waals surface area contributed by atoms with Gasteiger partial charge in [0.2, 0.25) is 6.10 Å². The van der Waals surface area contributed by atoms with Crippen LogP contribution in [0.5, 0.6) is 0 Å². The predicted molar refractivity (Wildman–Crippen MR) is 120 cm³/mol. The van der Waals surface area contributed by atoms with Crippen molar-refractivity contribution in [2.75, 3.05) is 32.8 Å². The molecule has 1 N–H and O–H groups in total. The van der Waals surface area contributed by atoms with Gasteiger partial charge >= 0.3 is 0 Å². The first-order valence-corrected chi connectivity index (χ1v) is 11.1. The molecule has 1 unspecified atom stereocenters. The number of nitrogens with zero attached hydrogens (tertiary/aromatic N) is 3. The van der Waals surface area contributed by atoms with Gasteiger partial charge in [0.15, 0.2) is 0 Å². The summed E-state index contributed by atoms with van der Waals surface area (Å²) in [4.78, 5) is 37.1. The van der Waals surface area contributed by atoms with Crippen LogP contribution in [0.2, 0.25) is 0 Å². The monoisotopic (exact) mass is 432 g/mol. The van der Waals surface area contributed by atoms with Crippen molar-refractivity contribution in [3.63, 3.8) is 0 Å². The maximum atomic E-state index is 12.7. The molecule has 0 aromatic carbocycles. The van der Waals surface area contributed by atoms with E-state index in [0.29, 0.717) is 38.4 Å². The minimum Gasteiger partial charge on any atom is -0.383 e. The molecule has 1 aromatic rings. The number of carbonyl (C=O) groups excluding carboxylic acids is 2. The van der Waals surface area contributed by atoms with E-state index in [1.165, 1.54) is 0 Å². The van der Waals surface area contributed by atoms with Gasteiger partial charge in [-0.2, -0.15) is 0 Å². The standard InChI is InChI=1S/C23H36N4O4/c1-6-14-30-15-11-24-22(28)20-8-7-17(4)25-21(20)19-9-12-27(13-10-19)23(29)18(5)31-26-16(2)3/h7-8,18-19H,6,9-15H2,1-5H3,(H,24,28). The van der Waals surface area contributed by atoms with Gasteiger partial charge in [-0.3, -0.25) is 14.6 Å². The Hall–Kier alpha value is -2.48. The van der Waals surface area contributed by atoms with E-state index in [1.807, 2.05) is 37.8 Å². The van der Waals surface area contributed by atoms with Gasteiger partial charge in [-0.1, -0.05) is 12.1 Å². The molecular formula is C23H36N4O4. The number of hydrogen-bond donors (Lipinski definition) is 1. The van der Waals surface area contributed by atoms with E-state index in [1.54, 1.807) is 6.92 Å². The van der Waals surface area contributed by atoms with Crippen LogP contribution in [0, 0.1) is 6.92 Å². The Morgan fingerprint density at radius 1 is 1.26 bits per heavy atom. The fourth-order valence-electron chi connectivity index (χ4n) is 3.52. The Kier molecular flexibility index (Phi) is 9.91. The molecule has 0 radical (unpaired) electrons. The van der Waals surface area contributed by atoms with Gasteiger partial charge in [-0.05, 0) is 59.1 Å². The minimum atomic E-state index is -0.611. The summed E-state index contributed by atoms with van der Waals surface area (Å²) < 4.78 is 5.43. The number of hydrogen-bond acceptors (Lipinski definition) is 6. The summed E-state index contributed by atoms with van der Waals surface area (Å²) in [5, 5.41) is 6.81. The van der Waals surface area contributed by atoms with E-state index in [-0.39, 0.29) is 17.7 Å². The van der Waals surface area contributed by atoms with Crippen LogP contribution in [0.3, 0.4) is 0 Å². The third-order valence-electron chi connectivity index (χ3n) is 5.12. The zero-order chi connectivity index (χ0) is 22.8. The lowest BCUT2D eigenvalue weighted by Gasteiger charge is -2.33. The first-order chi connectivity index (χ1) is 14.8. The van der Waals surface area contributed by atoms with Gasteiger partial charge in [-0.15, -0.1) is 0 Å². The van der Waals surface area contributed by atoms with E-state index in [0.717, 1.165) is 36.4 Å². The molecule has 8 heteroatoms. The summed E-state index contributed by atoms with van der Waals surface area (Å²) >= 11 is 0. The van der Waals surface area contributed by atoms with E-state index in [2.05, 4.69) is 17.4 Å². The fourth-order valence-corrected chi connectivity index (χ4v) is 3.52. The van der Waals surface area contributed by atoms with Crippen LogP contribution in [0.1, 0.15) is 74.6 Å². The highest BCUT2D eigenvalue weighted by Gasteiger charge is 2.30. The van der Waals surface area contributed by atoms with Crippen LogP contribution in [0.15, 0.2) is 17.3 Å². The third-order valence-corrected chi connectivity index (χ3v) is 5.12. The van der Waals surface area contributed by atoms with Crippen molar-refractivity contribution in [3.8, 4) is 0 Å². The molecule has 1 aliphatic rings. The minimum absolute atomic E-state index is 0.0642. The molecule has 1 aromatic heterocycles.